The molecule has 0 N–H and O–H groups in total. The third-order valence-electron chi connectivity index (χ3n) is 2.53. The van der Waals surface area contributed by atoms with E-state index in [1.807, 2.05) is 39.2 Å². The maximum Gasteiger partial charge on any atom is 0.231 e. The van der Waals surface area contributed by atoms with Gasteiger partial charge >= 0.3 is 0 Å². The highest BCUT2D eigenvalue weighted by Crippen LogP contribution is 2.31. The van der Waals surface area contributed by atoms with Gasteiger partial charge < -0.3 is 19.2 Å². The lowest BCUT2D eigenvalue weighted by Crippen LogP contribution is -2.08. The number of hydrogen-bond acceptors (Lipinski definition) is 5. The smallest absolute Gasteiger partial charge is 0.231 e. The molecule has 0 aliphatic carbocycles. The molecule has 5 nitrogen and oxygen atoms in total. The standard InChI is InChI=1S/C8H8O2.C4H11N.C3H9NO/c1-6-2-3-7-8(4-6)10-5-9-7;1-4-5(2)3;1-4(2)5-3/h2-4H,5H2,1H3;4H2,1-3H3;1-3H3. The van der Waals surface area contributed by atoms with Gasteiger partial charge in [-0.15, -0.1) is 0 Å². The number of ether oxygens (including phenoxy) is 2. The molecule has 0 saturated carbocycles. The lowest BCUT2D eigenvalue weighted by molar-refractivity contribution is -0.0855. The summed E-state index contributed by atoms with van der Waals surface area (Å²) in [4.78, 5) is 6.71. The van der Waals surface area contributed by atoms with Crippen LogP contribution in [0.25, 0.3) is 0 Å². The molecule has 0 saturated heterocycles. The molecule has 0 radical (unpaired) electrons. The highest BCUT2D eigenvalue weighted by molar-refractivity contribution is 5.43. The summed E-state index contributed by atoms with van der Waals surface area (Å²) in [5.74, 6) is 1.71. The van der Waals surface area contributed by atoms with Crippen LogP contribution in [0.5, 0.6) is 11.5 Å². The molecule has 0 amide bonds. The molecular weight excluding hydrogens is 256 g/mol. The van der Waals surface area contributed by atoms with E-state index >= 15 is 0 Å². The maximum atomic E-state index is 5.16. The molecule has 5 heteroatoms. The Morgan fingerprint density at radius 3 is 2.05 bits per heavy atom. The van der Waals surface area contributed by atoms with Crippen molar-refractivity contribution >= 4 is 0 Å². The zero-order chi connectivity index (χ0) is 15.5. The molecule has 0 spiro atoms. The van der Waals surface area contributed by atoms with Gasteiger partial charge in [0.15, 0.2) is 11.5 Å². The van der Waals surface area contributed by atoms with E-state index in [1.165, 1.54) is 5.56 Å². The minimum absolute atomic E-state index is 0.360. The van der Waals surface area contributed by atoms with E-state index in [9.17, 15) is 0 Å². The van der Waals surface area contributed by atoms with Crippen LogP contribution in [-0.2, 0) is 4.84 Å². The van der Waals surface area contributed by atoms with Crippen molar-refractivity contribution in [3.8, 4) is 11.5 Å². The first-order chi connectivity index (χ1) is 9.40. The summed E-state index contributed by atoms with van der Waals surface area (Å²) in [7, 11) is 9.40. The van der Waals surface area contributed by atoms with E-state index < -0.39 is 0 Å². The van der Waals surface area contributed by atoms with E-state index in [2.05, 4.69) is 30.8 Å². The van der Waals surface area contributed by atoms with Gasteiger partial charge in [0, 0.05) is 14.1 Å². The summed E-state index contributed by atoms with van der Waals surface area (Å²) in [5.41, 5.74) is 1.20. The van der Waals surface area contributed by atoms with Gasteiger partial charge in [0.2, 0.25) is 6.79 Å². The molecule has 0 unspecified atom stereocenters. The molecule has 1 aliphatic rings. The van der Waals surface area contributed by atoms with Gasteiger partial charge in [0.1, 0.15) is 0 Å². The number of fused-ring (bicyclic) bond motifs is 1. The summed E-state index contributed by atoms with van der Waals surface area (Å²) in [6, 6.07) is 5.91. The molecule has 0 bridgehead atoms. The first kappa shape index (κ1) is 18.7. The van der Waals surface area contributed by atoms with Gasteiger partial charge in [-0.1, -0.05) is 13.0 Å². The van der Waals surface area contributed by atoms with Crippen LogP contribution in [0.15, 0.2) is 18.2 Å². The highest BCUT2D eigenvalue weighted by Gasteiger charge is 2.11. The number of benzene rings is 1. The molecule has 20 heavy (non-hydrogen) atoms. The molecule has 2 rings (SSSR count). The first-order valence-electron chi connectivity index (χ1n) is 6.63. The van der Waals surface area contributed by atoms with Crippen molar-refractivity contribution in [2.45, 2.75) is 13.8 Å². The second-order valence-electron chi connectivity index (χ2n) is 4.75. The summed E-state index contributed by atoms with van der Waals surface area (Å²) in [5, 5.41) is 1.62. The third kappa shape index (κ3) is 8.74. The Labute approximate surface area is 123 Å². The van der Waals surface area contributed by atoms with Crippen molar-refractivity contribution in [2.24, 2.45) is 0 Å². The van der Waals surface area contributed by atoms with Crippen LogP contribution in [0.2, 0.25) is 0 Å². The predicted molar refractivity (Wildman–Crippen MR) is 82.2 cm³/mol. The quantitative estimate of drug-likeness (QED) is 0.779. The van der Waals surface area contributed by atoms with Crippen molar-refractivity contribution in [2.75, 3.05) is 48.6 Å². The van der Waals surface area contributed by atoms with Crippen LogP contribution >= 0.6 is 0 Å². The first-order valence-corrected chi connectivity index (χ1v) is 6.63. The van der Waals surface area contributed by atoms with Gasteiger partial charge in [-0.25, -0.2) is 0 Å². The van der Waals surface area contributed by atoms with Gasteiger partial charge in [-0.3, -0.25) is 0 Å². The summed E-state index contributed by atoms with van der Waals surface area (Å²) in [6.45, 7) is 5.65. The summed E-state index contributed by atoms with van der Waals surface area (Å²) >= 11 is 0. The van der Waals surface area contributed by atoms with Gasteiger partial charge in [0.05, 0.1) is 7.11 Å². The van der Waals surface area contributed by atoms with Crippen molar-refractivity contribution in [3.63, 3.8) is 0 Å². The monoisotopic (exact) mass is 284 g/mol. The van der Waals surface area contributed by atoms with Crippen molar-refractivity contribution in [3.05, 3.63) is 23.8 Å². The normalized spacial score (nSPS) is 11.7. The van der Waals surface area contributed by atoms with Crippen LogP contribution in [0.3, 0.4) is 0 Å². The van der Waals surface area contributed by atoms with Crippen molar-refractivity contribution in [1.29, 1.82) is 0 Å². The second kappa shape index (κ2) is 10.5. The van der Waals surface area contributed by atoms with E-state index in [0.717, 1.165) is 18.0 Å². The Bertz CT molecular complexity index is 360. The van der Waals surface area contributed by atoms with Crippen LogP contribution in [-0.4, -0.2) is 58.6 Å². The van der Waals surface area contributed by atoms with E-state index in [0.29, 0.717) is 6.79 Å². The average molecular weight is 284 g/mol. The Balaban J connectivity index is 0.000000310. The number of hydrogen-bond donors (Lipinski definition) is 0. The van der Waals surface area contributed by atoms with Gasteiger partial charge in [0.25, 0.3) is 0 Å². The zero-order valence-electron chi connectivity index (χ0n) is 13.8. The fourth-order valence-electron chi connectivity index (χ4n) is 1.00. The largest absolute Gasteiger partial charge is 0.454 e. The molecule has 1 heterocycles. The number of hydroxylamine groups is 2. The van der Waals surface area contributed by atoms with E-state index in [-0.39, 0.29) is 0 Å². The molecule has 1 aromatic carbocycles. The van der Waals surface area contributed by atoms with Crippen molar-refractivity contribution < 1.29 is 14.3 Å². The summed E-state index contributed by atoms with van der Waals surface area (Å²) in [6.07, 6.45) is 0. The number of nitrogens with zero attached hydrogens (tertiary/aromatic N) is 2. The fourth-order valence-corrected chi connectivity index (χ4v) is 1.00. The molecule has 0 atom stereocenters. The van der Waals surface area contributed by atoms with Crippen LogP contribution in [0, 0.1) is 6.92 Å². The van der Waals surface area contributed by atoms with Crippen molar-refractivity contribution in [1.82, 2.24) is 9.96 Å². The topological polar surface area (TPSA) is 34.2 Å². The minimum atomic E-state index is 0.360. The second-order valence-corrected chi connectivity index (χ2v) is 4.75. The van der Waals surface area contributed by atoms with E-state index in [1.54, 1.807) is 12.2 Å². The van der Waals surface area contributed by atoms with Crippen LogP contribution < -0.4 is 9.47 Å². The lowest BCUT2D eigenvalue weighted by Gasteiger charge is -2.01. The lowest BCUT2D eigenvalue weighted by atomic mass is 10.2. The minimum Gasteiger partial charge on any atom is -0.454 e. The molecule has 0 fully saturated rings. The Hall–Kier alpha value is -1.30. The van der Waals surface area contributed by atoms with E-state index in [4.69, 9.17) is 9.47 Å². The SMILES string of the molecule is CCN(C)C.CON(C)C.Cc1ccc2c(c1)OCO2. The molecular formula is C15H28N2O3. The Morgan fingerprint density at radius 2 is 1.60 bits per heavy atom. The average Bonchev–Trinajstić information content (AvgIpc) is 2.87. The molecule has 0 aromatic heterocycles. The van der Waals surface area contributed by atoms with Crippen LogP contribution in [0.1, 0.15) is 12.5 Å². The highest BCUT2D eigenvalue weighted by atomic mass is 16.7. The van der Waals surface area contributed by atoms with Gasteiger partial charge in [-0.05, 0) is 45.3 Å². The number of rotatable bonds is 2. The Morgan fingerprint density at radius 1 is 1.10 bits per heavy atom. The van der Waals surface area contributed by atoms with Gasteiger partial charge in [-0.2, -0.15) is 5.06 Å². The molecule has 116 valence electrons. The fraction of sp³-hybridized carbons (Fsp3) is 0.600. The predicted octanol–water partition coefficient (Wildman–Crippen LogP) is 2.40. The van der Waals surface area contributed by atoms with Crippen LogP contribution in [0.4, 0.5) is 0 Å². The number of aryl methyl sites for hydroxylation is 1. The summed E-state index contributed by atoms with van der Waals surface area (Å²) < 4.78 is 10.3. The zero-order valence-corrected chi connectivity index (χ0v) is 13.8. The maximum absolute atomic E-state index is 5.16. The Kier molecular flexibility index (Phi) is 9.80. The molecule has 1 aliphatic heterocycles. The molecule has 1 aromatic rings. The third-order valence-corrected chi connectivity index (χ3v) is 2.53.